The van der Waals surface area contributed by atoms with Gasteiger partial charge in [-0.25, -0.2) is 14.2 Å². The lowest BCUT2D eigenvalue weighted by molar-refractivity contribution is 0.0595. The summed E-state index contributed by atoms with van der Waals surface area (Å²) in [4.78, 5) is 15.2. The maximum atomic E-state index is 13.6. The number of thioether (sulfide) groups is 1. The molecule has 0 unspecified atom stereocenters. The fourth-order valence-electron chi connectivity index (χ4n) is 1.30. The molecule has 0 bridgehead atoms. The van der Waals surface area contributed by atoms with Crippen LogP contribution in [-0.2, 0) is 10.5 Å². The van der Waals surface area contributed by atoms with Gasteiger partial charge in [0.05, 0.1) is 12.7 Å². The normalized spacial score (nSPS) is 10.3. The zero-order valence-corrected chi connectivity index (χ0v) is 11.1. The summed E-state index contributed by atoms with van der Waals surface area (Å²) in [5.74, 6) is -0.666. The number of nitrogens with zero attached hydrogens (tertiary/aromatic N) is 2. The molecule has 0 aliphatic heterocycles. The Morgan fingerprint density at radius 3 is 3.00 bits per heavy atom. The van der Waals surface area contributed by atoms with E-state index in [1.165, 1.54) is 48.9 Å². The molecule has 0 aliphatic rings. The number of carbonyl (C=O) groups excluding carboxylic acids is 1. The van der Waals surface area contributed by atoms with Gasteiger partial charge in [-0.05, 0) is 29.2 Å². The molecule has 1 aromatic heterocycles. The highest BCUT2D eigenvalue weighted by Gasteiger charge is 2.12. The predicted molar refractivity (Wildman–Crippen MR) is 67.2 cm³/mol. The Kier molecular flexibility index (Phi) is 4.27. The van der Waals surface area contributed by atoms with Crippen LogP contribution in [0.4, 0.5) is 4.39 Å². The molecule has 0 N–H and O–H groups in total. The minimum absolute atomic E-state index is 0.0536. The zero-order valence-electron chi connectivity index (χ0n) is 9.42. The molecule has 2 rings (SSSR count). The molecule has 0 aliphatic carbocycles. The highest BCUT2D eigenvalue weighted by Crippen LogP contribution is 2.24. The van der Waals surface area contributed by atoms with E-state index in [2.05, 4.69) is 14.1 Å². The molecule has 4 nitrogen and oxygen atoms in total. The third-order valence-electron chi connectivity index (χ3n) is 2.14. The van der Waals surface area contributed by atoms with Gasteiger partial charge < -0.3 is 4.74 Å². The second-order valence-corrected chi connectivity index (χ2v) is 5.30. The molecular formula is C11H9FN2O2S2. The van der Waals surface area contributed by atoms with Crippen LogP contribution in [0.3, 0.4) is 0 Å². The van der Waals surface area contributed by atoms with E-state index < -0.39 is 11.8 Å². The summed E-state index contributed by atoms with van der Waals surface area (Å²) in [5, 5.41) is 0. The zero-order chi connectivity index (χ0) is 13.0. The number of halogens is 1. The van der Waals surface area contributed by atoms with Crippen molar-refractivity contribution in [1.82, 2.24) is 9.36 Å². The predicted octanol–water partition coefficient (Wildman–Crippen LogP) is 2.76. The van der Waals surface area contributed by atoms with Crippen LogP contribution in [0, 0.1) is 5.82 Å². The molecular weight excluding hydrogens is 275 g/mol. The Bertz CT molecular complexity index is 546. The Hall–Kier alpha value is -1.47. The highest BCUT2D eigenvalue weighted by molar-refractivity contribution is 8.00. The van der Waals surface area contributed by atoms with Crippen LogP contribution in [0.2, 0.25) is 0 Å². The van der Waals surface area contributed by atoms with Crippen LogP contribution in [0.25, 0.3) is 0 Å². The third-order valence-corrected chi connectivity index (χ3v) is 4.01. The van der Waals surface area contributed by atoms with E-state index >= 15 is 0 Å². The first kappa shape index (κ1) is 13.0. The summed E-state index contributed by atoms with van der Waals surface area (Å²) in [6.07, 6.45) is 1.48. The van der Waals surface area contributed by atoms with E-state index in [0.717, 1.165) is 9.90 Å². The van der Waals surface area contributed by atoms with Gasteiger partial charge in [-0.3, -0.25) is 0 Å². The monoisotopic (exact) mass is 284 g/mol. The van der Waals surface area contributed by atoms with Crippen LogP contribution in [0.1, 0.15) is 15.9 Å². The molecule has 94 valence electrons. The number of aromatic nitrogens is 2. The first-order valence-electron chi connectivity index (χ1n) is 4.97. The van der Waals surface area contributed by atoms with Crippen molar-refractivity contribution in [3.05, 3.63) is 41.5 Å². The van der Waals surface area contributed by atoms with E-state index in [0.29, 0.717) is 5.75 Å². The van der Waals surface area contributed by atoms with Gasteiger partial charge in [0.15, 0.2) is 4.34 Å². The molecule has 0 saturated heterocycles. The van der Waals surface area contributed by atoms with E-state index in [9.17, 15) is 9.18 Å². The lowest BCUT2D eigenvalue weighted by atomic mass is 10.1. The number of ether oxygens (including phenoxy) is 1. The van der Waals surface area contributed by atoms with Crippen molar-refractivity contribution in [2.75, 3.05) is 7.11 Å². The number of hydrogen-bond acceptors (Lipinski definition) is 6. The summed E-state index contributed by atoms with van der Waals surface area (Å²) >= 11 is 2.76. The van der Waals surface area contributed by atoms with Gasteiger partial charge in [0.2, 0.25) is 0 Å². The van der Waals surface area contributed by atoms with Crippen molar-refractivity contribution in [2.45, 2.75) is 10.1 Å². The molecule has 0 radical (unpaired) electrons. The minimum atomic E-state index is -0.671. The lowest BCUT2D eigenvalue weighted by Crippen LogP contribution is -2.04. The maximum absolute atomic E-state index is 13.6. The SMILES string of the molecule is COC(=O)c1ccc(CSc2ncns2)cc1F. The van der Waals surface area contributed by atoms with Gasteiger partial charge in [-0.15, -0.1) is 0 Å². The van der Waals surface area contributed by atoms with Gasteiger partial charge >= 0.3 is 5.97 Å². The quantitative estimate of drug-likeness (QED) is 0.638. The maximum Gasteiger partial charge on any atom is 0.340 e. The van der Waals surface area contributed by atoms with Gasteiger partial charge in [0, 0.05) is 5.75 Å². The molecule has 1 heterocycles. The van der Waals surface area contributed by atoms with Crippen molar-refractivity contribution in [1.29, 1.82) is 0 Å². The highest BCUT2D eigenvalue weighted by atomic mass is 32.2. The fourth-order valence-corrected chi connectivity index (χ4v) is 2.68. The van der Waals surface area contributed by atoms with E-state index in [-0.39, 0.29) is 5.56 Å². The Morgan fingerprint density at radius 2 is 2.39 bits per heavy atom. The summed E-state index contributed by atoms with van der Waals surface area (Å²) < 4.78 is 22.8. The van der Waals surface area contributed by atoms with E-state index in [1.54, 1.807) is 6.07 Å². The Morgan fingerprint density at radius 1 is 1.56 bits per heavy atom. The Labute approximate surface area is 111 Å². The van der Waals surface area contributed by atoms with E-state index in [4.69, 9.17) is 0 Å². The smallest absolute Gasteiger partial charge is 0.340 e. The fraction of sp³-hybridized carbons (Fsp3) is 0.182. The van der Waals surface area contributed by atoms with E-state index in [1.807, 2.05) is 0 Å². The largest absolute Gasteiger partial charge is 0.465 e. The van der Waals surface area contributed by atoms with Gasteiger partial charge in [-0.2, -0.15) is 4.37 Å². The molecule has 0 saturated carbocycles. The van der Waals surface area contributed by atoms with Crippen LogP contribution < -0.4 is 0 Å². The first-order chi connectivity index (χ1) is 8.70. The number of hydrogen-bond donors (Lipinski definition) is 0. The van der Waals surface area contributed by atoms with Gasteiger partial charge in [-0.1, -0.05) is 17.8 Å². The third kappa shape index (κ3) is 3.05. The number of carbonyl (C=O) groups is 1. The van der Waals surface area contributed by atoms with Gasteiger partial charge in [0.25, 0.3) is 0 Å². The van der Waals surface area contributed by atoms with Crippen LogP contribution in [0.5, 0.6) is 0 Å². The number of rotatable bonds is 4. The Balaban J connectivity index is 2.07. The van der Waals surface area contributed by atoms with Crippen molar-refractivity contribution < 1.29 is 13.9 Å². The number of esters is 1. The summed E-state index contributed by atoms with van der Waals surface area (Å²) in [6.45, 7) is 0. The van der Waals surface area contributed by atoms with Gasteiger partial charge in [0.1, 0.15) is 12.1 Å². The number of benzene rings is 1. The molecule has 2 aromatic rings. The molecule has 18 heavy (non-hydrogen) atoms. The second kappa shape index (κ2) is 5.92. The molecule has 0 spiro atoms. The summed E-state index contributed by atoms with van der Waals surface area (Å²) in [6, 6.07) is 4.46. The average molecular weight is 284 g/mol. The van der Waals surface area contributed by atoms with Crippen molar-refractivity contribution in [2.24, 2.45) is 0 Å². The molecule has 1 aromatic carbocycles. The topological polar surface area (TPSA) is 52.1 Å². The van der Waals surface area contributed by atoms with Crippen molar-refractivity contribution in [3.8, 4) is 0 Å². The average Bonchev–Trinajstić information content (AvgIpc) is 2.88. The summed E-state index contributed by atoms with van der Waals surface area (Å²) in [5.41, 5.74) is 0.725. The van der Waals surface area contributed by atoms with Crippen LogP contribution in [-0.4, -0.2) is 22.4 Å². The van der Waals surface area contributed by atoms with Crippen molar-refractivity contribution in [3.63, 3.8) is 0 Å². The van der Waals surface area contributed by atoms with Crippen molar-refractivity contribution >= 4 is 29.3 Å². The molecule has 0 atom stereocenters. The molecule has 7 heteroatoms. The first-order valence-corrected chi connectivity index (χ1v) is 6.73. The summed E-state index contributed by atoms with van der Waals surface area (Å²) in [7, 11) is 1.22. The molecule has 0 amide bonds. The lowest BCUT2D eigenvalue weighted by Gasteiger charge is -2.03. The molecule has 0 fully saturated rings. The van der Waals surface area contributed by atoms with Crippen LogP contribution in [0.15, 0.2) is 28.9 Å². The standard InChI is InChI=1S/C11H9FN2O2S2/c1-16-10(15)8-3-2-7(4-9(8)12)5-17-11-13-6-14-18-11/h2-4,6H,5H2,1H3. The minimum Gasteiger partial charge on any atom is -0.465 e. The second-order valence-electron chi connectivity index (χ2n) is 3.30. The number of methoxy groups -OCH3 is 1. The van der Waals surface area contributed by atoms with Crippen LogP contribution >= 0.6 is 23.3 Å².